The SMILES string of the molecule is CNS(=O)(=O)c1ccc(CNC(=O)CCC(=O)c2ccccc2)s1. The number of sulfonamides is 1. The summed E-state index contributed by atoms with van der Waals surface area (Å²) in [7, 11) is -2.11. The molecule has 24 heavy (non-hydrogen) atoms. The minimum absolute atomic E-state index is 0.0794. The average molecular weight is 366 g/mol. The van der Waals surface area contributed by atoms with Crippen molar-refractivity contribution in [2.24, 2.45) is 0 Å². The van der Waals surface area contributed by atoms with Gasteiger partial charge in [-0.3, -0.25) is 9.59 Å². The van der Waals surface area contributed by atoms with E-state index in [1.165, 1.54) is 13.1 Å². The number of benzene rings is 1. The van der Waals surface area contributed by atoms with Crippen molar-refractivity contribution in [1.82, 2.24) is 10.0 Å². The summed E-state index contributed by atoms with van der Waals surface area (Å²) in [5.41, 5.74) is 0.588. The van der Waals surface area contributed by atoms with Gasteiger partial charge in [0, 0.05) is 23.3 Å². The zero-order valence-electron chi connectivity index (χ0n) is 13.1. The van der Waals surface area contributed by atoms with E-state index in [1.807, 2.05) is 6.07 Å². The summed E-state index contributed by atoms with van der Waals surface area (Å²) in [6.07, 6.45) is 0.237. The van der Waals surface area contributed by atoms with Crippen LogP contribution in [0.15, 0.2) is 46.7 Å². The normalized spacial score (nSPS) is 11.2. The molecule has 0 radical (unpaired) electrons. The molecule has 0 unspecified atom stereocenters. The molecule has 8 heteroatoms. The van der Waals surface area contributed by atoms with Crippen LogP contribution in [0.1, 0.15) is 28.1 Å². The number of Topliss-reactive ketones (excluding diaryl/α,β-unsaturated/α-hetero) is 1. The zero-order chi connectivity index (χ0) is 17.6. The van der Waals surface area contributed by atoms with E-state index in [0.29, 0.717) is 5.56 Å². The Morgan fingerprint density at radius 3 is 2.42 bits per heavy atom. The summed E-state index contributed by atoms with van der Waals surface area (Å²) >= 11 is 1.10. The second-order valence-electron chi connectivity index (χ2n) is 4.99. The summed E-state index contributed by atoms with van der Waals surface area (Å²) < 4.78 is 25.7. The summed E-state index contributed by atoms with van der Waals surface area (Å²) in [6, 6.07) is 12.0. The molecule has 2 rings (SSSR count). The van der Waals surface area contributed by atoms with Gasteiger partial charge < -0.3 is 5.32 Å². The van der Waals surface area contributed by atoms with Gasteiger partial charge in [-0.2, -0.15) is 0 Å². The topological polar surface area (TPSA) is 92.3 Å². The molecule has 0 aliphatic heterocycles. The number of hydrogen-bond acceptors (Lipinski definition) is 5. The van der Waals surface area contributed by atoms with Gasteiger partial charge in [-0.05, 0) is 19.2 Å². The molecule has 0 aliphatic carbocycles. The van der Waals surface area contributed by atoms with Crippen molar-refractivity contribution in [2.45, 2.75) is 23.6 Å². The van der Waals surface area contributed by atoms with E-state index in [0.717, 1.165) is 16.2 Å². The number of carbonyl (C=O) groups is 2. The van der Waals surface area contributed by atoms with Crippen LogP contribution in [0, 0.1) is 0 Å². The van der Waals surface area contributed by atoms with Crippen molar-refractivity contribution in [3.63, 3.8) is 0 Å². The van der Waals surface area contributed by atoms with Crippen LogP contribution < -0.4 is 10.0 Å². The van der Waals surface area contributed by atoms with E-state index >= 15 is 0 Å². The first-order chi connectivity index (χ1) is 11.4. The quantitative estimate of drug-likeness (QED) is 0.698. The number of rotatable bonds is 8. The highest BCUT2D eigenvalue weighted by Crippen LogP contribution is 2.21. The average Bonchev–Trinajstić information content (AvgIpc) is 3.08. The van der Waals surface area contributed by atoms with Crippen LogP contribution in [0.4, 0.5) is 0 Å². The highest BCUT2D eigenvalue weighted by molar-refractivity contribution is 7.91. The number of amides is 1. The Balaban J connectivity index is 1.81. The van der Waals surface area contributed by atoms with E-state index in [1.54, 1.807) is 30.3 Å². The lowest BCUT2D eigenvalue weighted by Gasteiger charge is -2.04. The number of carbonyl (C=O) groups excluding carboxylic acids is 2. The molecule has 0 bridgehead atoms. The fourth-order valence-electron chi connectivity index (χ4n) is 1.97. The molecule has 1 heterocycles. The number of hydrogen-bond donors (Lipinski definition) is 2. The Kier molecular flexibility index (Phi) is 6.24. The Hall–Kier alpha value is -2.03. The van der Waals surface area contributed by atoms with Crippen molar-refractivity contribution in [1.29, 1.82) is 0 Å². The molecule has 0 fully saturated rings. The molecule has 2 N–H and O–H groups in total. The lowest BCUT2D eigenvalue weighted by atomic mass is 10.1. The first kappa shape index (κ1) is 18.3. The van der Waals surface area contributed by atoms with Crippen LogP contribution in [0.5, 0.6) is 0 Å². The highest BCUT2D eigenvalue weighted by atomic mass is 32.2. The van der Waals surface area contributed by atoms with Gasteiger partial charge in [0.05, 0.1) is 6.54 Å². The molecule has 0 saturated carbocycles. The molecule has 1 aromatic carbocycles. The third kappa shape index (κ3) is 4.98. The first-order valence-electron chi connectivity index (χ1n) is 7.29. The molecule has 0 aliphatic rings. The standard InChI is InChI=1S/C16H18N2O4S2/c1-17-24(21,22)16-10-7-13(23-16)11-18-15(20)9-8-14(19)12-5-3-2-4-6-12/h2-7,10,17H,8-9,11H2,1H3,(H,18,20). The third-order valence-electron chi connectivity index (χ3n) is 3.31. The highest BCUT2D eigenvalue weighted by Gasteiger charge is 2.14. The van der Waals surface area contributed by atoms with Gasteiger partial charge in [0.25, 0.3) is 0 Å². The van der Waals surface area contributed by atoms with Crippen molar-refractivity contribution in [2.75, 3.05) is 7.05 Å². The maximum Gasteiger partial charge on any atom is 0.249 e. The van der Waals surface area contributed by atoms with Crippen molar-refractivity contribution < 1.29 is 18.0 Å². The summed E-state index contributed by atoms with van der Waals surface area (Å²) in [6.45, 7) is 0.238. The van der Waals surface area contributed by atoms with Crippen LogP contribution in [0.25, 0.3) is 0 Å². The summed E-state index contributed by atoms with van der Waals surface area (Å²) in [5.74, 6) is -0.324. The van der Waals surface area contributed by atoms with Crippen molar-refractivity contribution >= 4 is 33.1 Å². The van der Waals surface area contributed by atoms with E-state index in [-0.39, 0.29) is 35.3 Å². The predicted octanol–water partition coefficient (Wildman–Crippen LogP) is 1.94. The van der Waals surface area contributed by atoms with E-state index in [4.69, 9.17) is 0 Å². The second-order valence-corrected chi connectivity index (χ2v) is 8.28. The molecule has 1 amide bonds. The molecule has 1 aromatic heterocycles. The third-order valence-corrected chi connectivity index (χ3v) is 6.30. The Labute approximate surface area is 145 Å². The lowest BCUT2D eigenvalue weighted by Crippen LogP contribution is -2.22. The number of thiophene rings is 1. The summed E-state index contributed by atoms with van der Waals surface area (Å²) in [5, 5.41) is 2.69. The molecular weight excluding hydrogens is 348 g/mol. The minimum Gasteiger partial charge on any atom is -0.351 e. The minimum atomic E-state index is -3.46. The fourth-order valence-corrected chi connectivity index (χ4v) is 4.10. The van der Waals surface area contributed by atoms with Crippen molar-refractivity contribution in [3.05, 3.63) is 52.9 Å². The molecule has 0 atom stereocenters. The lowest BCUT2D eigenvalue weighted by molar-refractivity contribution is -0.121. The molecule has 6 nitrogen and oxygen atoms in total. The maximum atomic E-state index is 11.9. The molecule has 128 valence electrons. The fraction of sp³-hybridized carbons (Fsp3) is 0.250. The van der Waals surface area contributed by atoms with Gasteiger partial charge in [-0.25, -0.2) is 13.1 Å². The Morgan fingerprint density at radius 1 is 1.04 bits per heavy atom. The van der Waals surface area contributed by atoms with Crippen molar-refractivity contribution in [3.8, 4) is 0 Å². The van der Waals surface area contributed by atoms with Crippen LogP contribution in [0.2, 0.25) is 0 Å². The Bertz CT molecular complexity index is 814. The molecule has 0 spiro atoms. The van der Waals surface area contributed by atoms with Crippen LogP contribution in [-0.4, -0.2) is 27.2 Å². The monoisotopic (exact) mass is 366 g/mol. The van der Waals surface area contributed by atoms with E-state index in [9.17, 15) is 18.0 Å². The maximum absolute atomic E-state index is 11.9. The van der Waals surface area contributed by atoms with Gasteiger partial charge >= 0.3 is 0 Å². The molecule has 2 aromatic rings. The largest absolute Gasteiger partial charge is 0.351 e. The smallest absolute Gasteiger partial charge is 0.249 e. The first-order valence-corrected chi connectivity index (χ1v) is 9.59. The summed E-state index contributed by atoms with van der Waals surface area (Å²) in [4.78, 5) is 24.5. The van der Waals surface area contributed by atoms with Crippen LogP contribution in [-0.2, 0) is 21.4 Å². The van der Waals surface area contributed by atoms with Crippen LogP contribution in [0.3, 0.4) is 0 Å². The van der Waals surface area contributed by atoms with Gasteiger partial charge in [0.1, 0.15) is 4.21 Å². The number of ketones is 1. The van der Waals surface area contributed by atoms with E-state index in [2.05, 4.69) is 10.0 Å². The second kappa shape index (κ2) is 8.18. The Morgan fingerprint density at radius 2 is 1.75 bits per heavy atom. The van der Waals surface area contributed by atoms with Gasteiger partial charge in [0.15, 0.2) is 5.78 Å². The van der Waals surface area contributed by atoms with Gasteiger partial charge in [-0.1, -0.05) is 30.3 Å². The van der Waals surface area contributed by atoms with Crippen LogP contribution >= 0.6 is 11.3 Å². The van der Waals surface area contributed by atoms with Gasteiger partial charge in [-0.15, -0.1) is 11.3 Å². The van der Waals surface area contributed by atoms with Gasteiger partial charge in [0.2, 0.25) is 15.9 Å². The number of nitrogens with one attached hydrogen (secondary N) is 2. The molecular formula is C16H18N2O4S2. The zero-order valence-corrected chi connectivity index (χ0v) is 14.7. The molecule has 0 saturated heterocycles. The predicted molar refractivity (Wildman–Crippen MR) is 92.4 cm³/mol. The van der Waals surface area contributed by atoms with E-state index < -0.39 is 10.0 Å².